The van der Waals surface area contributed by atoms with Crippen LogP contribution in [0, 0.1) is 15.9 Å². The molecule has 0 radical (unpaired) electrons. The Morgan fingerprint density at radius 3 is 2.56 bits per heavy atom. The van der Waals surface area contributed by atoms with Crippen LogP contribution in [0.25, 0.3) is 0 Å². The summed E-state index contributed by atoms with van der Waals surface area (Å²) in [6.45, 7) is 0. The Bertz CT molecular complexity index is 517. The fourth-order valence-electron chi connectivity index (χ4n) is 1.09. The number of halogens is 2. The summed E-state index contributed by atoms with van der Waals surface area (Å²) in [5, 5.41) is 10.4. The summed E-state index contributed by atoms with van der Waals surface area (Å²) in [4.78, 5) is 9.53. The molecule has 0 atom stereocenters. The van der Waals surface area contributed by atoms with Crippen molar-refractivity contribution in [1.82, 2.24) is 0 Å². The second-order valence-electron chi connectivity index (χ2n) is 3.04. The molecule has 0 saturated carbocycles. The van der Waals surface area contributed by atoms with Crippen molar-refractivity contribution in [3.8, 4) is 0 Å². The standard InChI is InChI=1S/C8H7ClFNO4S/c9-16(14,15)4-3-6-1-2-7(10)8(5-6)11(12)13/h1-2,5H,3-4H2. The lowest BCUT2D eigenvalue weighted by Gasteiger charge is -2.00. The molecule has 88 valence electrons. The minimum absolute atomic E-state index is 0.00690. The first-order valence-electron chi connectivity index (χ1n) is 4.15. The van der Waals surface area contributed by atoms with Crippen molar-refractivity contribution in [3.63, 3.8) is 0 Å². The maximum atomic E-state index is 12.9. The van der Waals surface area contributed by atoms with Crippen molar-refractivity contribution in [2.45, 2.75) is 6.42 Å². The van der Waals surface area contributed by atoms with Crippen LogP contribution in [0.3, 0.4) is 0 Å². The molecule has 0 amide bonds. The average Bonchev–Trinajstić information content (AvgIpc) is 2.14. The Morgan fingerprint density at radius 2 is 2.06 bits per heavy atom. The van der Waals surface area contributed by atoms with Crippen LogP contribution in [-0.4, -0.2) is 19.1 Å². The molecule has 0 aromatic heterocycles. The third-order valence-electron chi connectivity index (χ3n) is 1.84. The SMILES string of the molecule is O=[N+]([O-])c1cc(CCS(=O)(=O)Cl)ccc1F. The summed E-state index contributed by atoms with van der Waals surface area (Å²) in [6.07, 6.45) is 0.00690. The quantitative estimate of drug-likeness (QED) is 0.474. The zero-order chi connectivity index (χ0) is 12.3. The Morgan fingerprint density at radius 1 is 1.44 bits per heavy atom. The summed E-state index contributed by atoms with van der Waals surface area (Å²) >= 11 is 0. The average molecular weight is 268 g/mol. The van der Waals surface area contributed by atoms with Gasteiger partial charge in [-0.3, -0.25) is 10.1 Å². The maximum absolute atomic E-state index is 12.9. The van der Waals surface area contributed by atoms with E-state index >= 15 is 0 Å². The Hall–Kier alpha value is -1.21. The second-order valence-corrected chi connectivity index (χ2v) is 5.93. The predicted molar refractivity (Wildman–Crippen MR) is 56.4 cm³/mol. The van der Waals surface area contributed by atoms with Gasteiger partial charge in [0.1, 0.15) is 0 Å². The van der Waals surface area contributed by atoms with Gasteiger partial charge in [-0.2, -0.15) is 4.39 Å². The topological polar surface area (TPSA) is 77.3 Å². The predicted octanol–water partition coefficient (Wildman–Crippen LogP) is 1.85. The van der Waals surface area contributed by atoms with Crippen LogP contribution < -0.4 is 0 Å². The van der Waals surface area contributed by atoms with Crippen molar-refractivity contribution in [1.29, 1.82) is 0 Å². The minimum atomic E-state index is -3.66. The van der Waals surface area contributed by atoms with Crippen molar-refractivity contribution >= 4 is 25.4 Å². The first kappa shape index (κ1) is 12.9. The Kier molecular flexibility index (Phi) is 3.82. The molecule has 0 aliphatic heterocycles. The molecule has 1 aromatic carbocycles. The van der Waals surface area contributed by atoms with Crippen LogP contribution in [-0.2, 0) is 15.5 Å². The van der Waals surface area contributed by atoms with Crippen molar-refractivity contribution in [3.05, 3.63) is 39.7 Å². The largest absolute Gasteiger partial charge is 0.305 e. The molecule has 0 aliphatic carbocycles. The summed E-state index contributed by atoms with van der Waals surface area (Å²) < 4.78 is 34.2. The van der Waals surface area contributed by atoms with Gasteiger partial charge in [0.15, 0.2) is 0 Å². The van der Waals surface area contributed by atoms with Gasteiger partial charge in [0.25, 0.3) is 0 Å². The van der Waals surface area contributed by atoms with Gasteiger partial charge in [0.05, 0.1) is 10.7 Å². The van der Waals surface area contributed by atoms with E-state index in [9.17, 15) is 22.9 Å². The van der Waals surface area contributed by atoms with Gasteiger partial charge in [-0.15, -0.1) is 0 Å². The van der Waals surface area contributed by atoms with Gasteiger partial charge in [0.2, 0.25) is 14.9 Å². The van der Waals surface area contributed by atoms with Gasteiger partial charge in [-0.1, -0.05) is 6.07 Å². The number of hydrogen-bond donors (Lipinski definition) is 0. The normalized spacial score (nSPS) is 11.4. The van der Waals surface area contributed by atoms with Crippen LogP contribution >= 0.6 is 10.7 Å². The van der Waals surface area contributed by atoms with E-state index in [1.807, 2.05) is 0 Å². The lowest BCUT2D eigenvalue weighted by Crippen LogP contribution is -2.02. The molecule has 0 heterocycles. The highest BCUT2D eigenvalue weighted by molar-refractivity contribution is 8.13. The molecule has 1 aromatic rings. The highest BCUT2D eigenvalue weighted by Crippen LogP contribution is 2.19. The van der Waals surface area contributed by atoms with E-state index < -0.39 is 25.5 Å². The smallest absolute Gasteiger partial charge is 0.258 e. The molecule has 0 bridgehead atoms. The molecular weight excluding hydrogens is 261 g/mol. The molecule has 0 spiro atoms. The number of benzene rings is 1. The van der Waals surface area contributed by atoms with E-state index in [0.29, 0.717) is 5.56 Å². The molecule has 0 saturated heterocycles. The van der Waals surface area contributed by atoms with Crippen LogP contribution in [0.15, 0.2) is 18.2 Å². The molecule has 0 aliphatic rings. The summed E-state index contributed by atoms with van der Waals surface area (Å²) in [5.41, 5.74) is -0.332. The first-order valence-corrected chi connectivity index (χ1v) is 6.62. The number of nitrogens with zero attached hydrogens (tertiary/aromatic N) is 1. The third-order valence-corrected chi connectivity index (χ3v) is 3.00. The molecular formula is C8H7ClFNO4S. The van der Waals surface area contributed by atoms with E-state index in [2.05, 4.69) is 0 Å². The zero-order valence-electron chi connectivity index (χ0n) is 7.89. The van der Waals surface area contributed by atoms with E-state index in [4.69, 9.17) is 10.7 Å². The van der Waals surface area contributed by atoms with Gasteiger partial charge >= 0.3 is 5.69 Å². The van der Waals surface area contributed by atoms with E-state index in [0.717, 1.165) is 12.1 Å². The van der Waals surface area contributed by atoms with Crippen LogP contribution in [0.4, 0.5) is 10.1 Å². The minimum Gasteiger partial charge on any atom is -0.258 e. The van der Waals surface area contributed by atoms with Crippen LogP contribution in [0.1, 0.15) is 5.56 Å². The molecule has 0 unspecified atom stereocenters. The zero-order valence-corrected chi connectivity index (χ0v) is 9.46. The summed E-state index contributed by atoms with van der Waals surface area (Å²) in [5.74, 6) is -1.31. The fraction of sp³-hybridized carbons (Fsp3) is 0.250. The lowest BCUT2D eigenvalue weighted by molar-refractivity contribution is -0.387. The van der Waals surface area contributed by atoms with Crippen molar-refractivity contribution in [2.24, 2.45) is 0 Å². The molecule has 5 nitrogen and oxygen atoms in total. The Balaban J connectivity index is 2.91. The van der Waals surface area contributed by atoms with Crippen molar-refractivity contribution < 1.29 is 17.7 Å². The monoisotopic (exact) mass is 267 g/mol. The first-order chi connectivity index (χ1) is 7.29. The van der Waals surface area contributed by atoms with E-state index in [1.165, 1.54) is 6.07 Å². The lowest BCUT2D eigenvalue weighted by atomic mass is 10.1. The molecule has 16 heavy (non-hydrogen) atoms. The van der Waals surface area contributed by atoms with Gasteiger partial charge in [-0.05, 0) is 18.1 Å². The second kappa shape index (κ2) is 4.75. The fourth-order valence-corrected chi connectivity index (χ4v) is 1.80. The number of hydrogen-bond acceptors (Lipinski definition) is 4. The van der Waals surface area contributed by atoms with Crippen LogP contribution in [0.2, 0.25) is 0 Å². The highest BCUT2D eigenvalue weighted by Gasteiger charge is 2.15. The summed E-state index contributed by atoms with van der Waals surface area (Å²) in [6, 6.07) is 3.20. The number of aryl methyl sites for hydroxylation is 1. The van der Waals surface area contributed by atoms with Crippen molar-refractivity contribution in [2.75, 3.05) is 5.75 Å². The highest BCUT2D eigenvalue weighted by atomic mass is 35.7. The summed E-state index contributed by atoms with van der Waals surface area (Å²) in [7, 11) is 1.32. The number of nitro groups is 1. The van der Waals surface area contributed by atoms with Gasteiger partial charge in [0, 0.05) is 16.7 Å². The number of rotatable bonds is 4. The molecule has 0 N–H and O–H groups in total. The maximum Gasteiger partial charge on any atom is 0.305 e. The van der Waals surface area contributed by atoms with E-state index in [1.54, 1.807) is 0 Å². The third kappa shape index (κ3) is 3.74. The van der Waals surface area contributed by atoms with E-state index in [-0.39, 0.29) is 12.2 Å². The molecule has 1 rings (SSSR count). The molecule has 0 fully saturated rings. The Labute approximate surface area is 95.4 Å². The van der Waals surface area contributed by atoms with Gasteiger partial charge < -0.3 is 0 Å². The van der Waals surface area contributed by atoms with Crippen LogP contribution in [0.5, 0.6) is 0 Å². The van der Waals surface area contributed by atoms with Gasteiger partial charge in [-0.25, -0.2) is 8.42 Å². The number of nitro benzene ring substituents is 1. The molecule has 8 heteroatoms.